The second kappa shape index (κ2) is 5.70. The number of ether oxygens (including phenoxy) is 1. The summed E-state index contributed by atoms with van der Waals surface area (Å²) in [6, 6.07) is 10.5. The van der Waals surface area contributed by atoms with E-state index in [0.717, 1.165) is 0 Å². The van der Waals surface area contributed by atoms with Crippen LogP contribution in [0.1, 0.15) is 10.4 Å². The molecule has 2 aromatic rings. The zero-order valence-electron chi connectivity index (χ0n) is 10.6. The minimum atomic E-state index is -3.73. The van der Waals surface area contributed by atoms with Gasteiger partial charge in [-0.05, 0) is 36.4 Å². The second-order valence-corrected chi connectivity index (χ2v) is 5.47. The Morgan fingerprint density at radius 2 is 1.85 bits per heavy atom. The van der Waals surface area contributed by atoms with Gasteiger partial charge in [0.1, 0.15) is 0 Å². The third kappa shape index (κ3) is 3.12. The van der Waals surface area contributed by atoms with Crippen molar-refractivity contribution in [3.63, 3.8) is 0 Å². The summed E-state index contributed by atoms with van der Waals surface area (Å²) >= 11 is 0. The van der Waals surface area contributed by atoms with Crippen molar-refractivity contribution in [3.8, 4) is 0 Å². The first-order valence-electron chi connectivity index (χ1n) is 5.65. The minimum absolute atomic E-state index is 0.0722. The summed E-state index contributed by atoms with van der Waals surface area (Å²) in [5, 5.41) is -0.0722. The molecule has 6 nitrogen and oxygen atoms in total. The van der Waals surface area contributed by atoms with Crippen molar-refractivity contribution >= 4 is 21.7 Å². The monoisotopic (exact) mass is 292 g/mol. The van der Waals surface area contributed by atoms with E-state index in [1.807, 2.05) is 0 Å². The van der Waals surface area contributed by atoms with Gasteiger partial charge in [0.15, 0.2) is 5.03 Å². The molecule has 104 valence electrons. The van der Waals surface area contributed by atoms with Crippen LogP contribution in [0.5, 0.6) is 0 Å². The number of hydrogen-bond acceptors (Lipinski definition) is 5. The van der Waals surface area contributed by atoms with E-state index in [-0.39, 0.29) is 5.03 Å². The number of carbonyl (C=O) groups excluding carboxylic acids is 1. The standard InChI is InChI=1S/C13H12N2O4S/c1-19-13(16)10-5-7-11(8-6-10)15-20(17,18)12-4-2-3-9-14-12/h2-9,15H,1H3. The van der Waals surface area contributed by atoms with Gasteiger partial charge in [0, 0.05) is 11.9 Å². The smallest absolute Gasteiger partial charge is 0.337 e. The maximum Gasteiger partial charge on any atom is 0.337 e. The highest BCUT2D eigenvalue weighted by Crippen LogP contribution is 2.15. The van der Waals surface area contributed by atoms with Gasteiger partial charge in [-0.15, -0.1) is 0 Å². The molecule has 0 aliphatic carbocycles. The molecule has 0 spiro atoms. The molecule has 1 heterocycles. The van der Waals surface area contributed by atoms with E-state index in [0.29, 0.717) is 11.3 Å². The number of hydrogen-bond donors (Lipinski definition) is 1. The van der Waals surface area contributed by atoms with Crippen LogP contribution in [0.25, 0.3) is 0 Å². The Bertz CT molecular complexity index is 697. The predicted molar refractivity (Wildman–Crippen MR) is 72.8 cm³/mol. The van der Waals surface area contributed by atoms with Gasteiger partial charge in [-0.25, -0.2) is 9.78 Å². The number of pyridine rings is 1. The highest BCUT2D eigenvalue weighted by Gasteiger charge is 2.15. The van der Waals surface area contributed by atoms with Crippen LogP contribution >= 0.6 is 0 Å². The van der Waals surface area contributed by atoms with E-state index in [2.05, 4.69) is 14.4 Å². The van der Waals surface area contributed by atoms with Crippen LogP contribution in [0, 0.1) is 0 Å². The van der Waals surface area contributed by atoms with Crippen molar-refractivity contribution in [1.29, 1.82) is 0 Å². The van der Waals surface area contributed by atoms with Crippen LogP contribution in [-0.4, -0.2) is 26.5 Å². The third-order valence-corrected chi connectivity index (χ3v) is 3.77. The molecule has 0 aliphatic rings. The summed E-state index contributed by atoms with van der Waals surface area (Å²) in [5.74, 6) is -0.482. The van der Waals surface area contributed by atoms with E-state index >= 15 is 0 Å². The van der Waals surface area contributed by atoms with Gasteiger partial charge in [0.05, 0.1) is 12.7 Å². The average molecular weight is 292 g/mol. The summed E-state index contributed by atoms with van der Waals surface area (Å²) in [4.78, 5) is 15.0. The van der Waals surface area contributed by atoms with E-state index < -0.39 is 16.0 Å². The van der Waals surface area contributed by atoms with E-state index in [1.165, 1.54) is 43.6 Å². The number of benzene rings is 1. The van der Waals surface area contributed by atoms with Gasteiger partial charge >= 0.3 is 5.97 Å². The van der Waals surface area contributed by atoms with Gasteiger partial charge in [-0.1, -0.05) is 6.07 Å². The molecule has 0 unspecified atom stereocenters. The molecule has 20 heavy (non-hydrogen) atoms. The van der Waals surface area contributed by atoms with Crippen LogP contribution in [0.2, 0.25) is 0 Å². The lowest BCUT2D eigenvalue weighted by molar-refractivity contribution is 0.0601. The molecule has 0 fully saturated rings. The van der Waals surface area contributed by atoms with Crippen molar-refractivity contribution in [2.45, 2.75) is 5.03 Å². The zero-order valence-corrected chi connectivity index (χ0v) is 11.4. The number of rotatable bonds is 4. The topological polar surface area (TPSA) is 85.4 Å². The highest BCUT2D eigenvalue weighted by molar-refractivity contribution is 7.92. The van der Waals surface area contributed by atoms with Crippen molar-refractivity contribution in [1.82, 2.24) is 4.98 Å². The average Bonchev–Trinajstić information content (AvgIpc) is 2.48. The molecular formula is C13H12N2O4S. The molecule has 0 bridgehead atoms. The Balaban J connectivity index is 2.20. The van der Waals surface area contributed by atoms with Crippen LogP contribution < -0.4 is 4.72 Å². The number of nitrogens with one attached hydrogen (secondary N) is 1. The summed E-state index contributed by atoms with van der Waals surface area (Å²) in [6.45, 7) is 0. The van der Waals surface area contributed by atoms with Gasteiger partial charge < -0.3 is 4.74 Å². The number of methoxy groups -OCH3 is 1. The molecule has 0 saturated heterocycles. The Morgan fingerprint density at radius 1 is 1.15 bits per heavy atom. The van der Waals surface area contributed by atoms with Crippen molar-refractivity contribution in [3.05, 3.63) is 54.2 Å². The first kappa shape index (κ1) is 14.0. The molecular weight excluding hydrogens is 280 g/mol. The number of aromatic nitrogens is 1. The first-order chi connectivity index (χ1) is 9.53. The SMILES string of the molecule is COC(=O)c1ccc(NS(=O)(=O)c2ccccn2)cc1. The molecule has 1 aromatic heterocycles. The molecule has 0 amide bonds. The van der Waals surface area contributed by atoms with E-state index in [4.69, 9.17) is 0 Å². The fourth-order valence-corrected chi connectivity index (χ4v) is 2.51. The fraction of sp³-hybridized carbons (Fsp3) is 0.0769. The maximum atomic E-state index is 12.0. The molecule has 7 heteroatoms. The van der Waals surface area contributed by atoms with Gasteiger partial charge in [-0.3, -0.25) is 4.72 Å². The zero-order chi connectivity index (χ0) is 14.6. The quantitative estimate of drug-likeness (QED) is 0.866. The Morgan fingerprint density at radius 3 is 2.40 bits per heavy atom. The highest BCUT2D eigenvalue weighted by atomic mass is 32.2. The third-order valence-electron chi connectivity index (χ3n) is 2.47. The van der Waals surface area contributed by atoms with E-state index in [9.17, 15) is 13.2 Å². The van der Waals surface area contributed by atoms with Gasteiger partial charge in [0.2, 0.25) is 0 Å². The minimum Gasteiger partial charge on any atom is -0.465 e. The Kier molecular flexibility index (Phi) is 3.99. The van der Waals surface area contributed by atoms with Crippen LogP contribution in [0.3, 0.4) is 0 Å². The largest absolute Gasteiger partial charge is 0.465 e. The molecule has 1 N–H and O–H groups in total. The van der Waals surface area contributed by atoms with Crippen LogP contribution in [0.15, 0.2) is 53.7 Å². The van der Waals surface area contributed by atoms with Crippen molar-refractivity contribution in [2.24, 2.45) is 0 Å². The molecule has 2 rings (SSSR count). The summed E-state index contributed by atoms with van der Waals surface area (Å²) in [6.07, 6.45) is 1.40. The second-order valence-electron chi connectivity index (χ2n) is 3.84. The summed E-state index contributed by atoms with van der Waals surface area (Å²) in [7, 11) is -2.45. The molecule has 0 radical (unpaired) electrons. The van der Waals surface area contributed by atoms with Crippen LogP contribution in [-0.2, 0) is 14.8 Å². The molecule has 0 saturated carbocycles. The van der Waals surface area contributed by atoms with Crippen LogP contribution in [0.4, 0.5) is 5.69 Å². The predicted octanol–water partition coefficient (Wildman–Crippen LogP) is 1.67. The maximum absolute atomic E-state index is 12.0. The Labute approximate surface area is 116 Å². The number of anilines is 1. The number of carbonyl (C=O) groups is 1. The Hall–Kier alpha value is -2.41. The van der Waals surface area contributed by atoms with Gasteiger partial charge in [0.25, 0.3) is 10.0 Å². The summed E-state index contributed by atoms with van der Waals surface area (Å²) in [5.41, 5.74) is 0.677. The molecule has 1 aromatic carbocycles. The van der Waals surface area contributed by atoms with Gasteiger partial charge in [-0.2, -0.15) is 8.42 Å². The summed E-state index contributed by atoms with van der Waals surface area (Å²) < 4.78 is 31.0. The first-order valence-corrected chi connectivity index (χ1v) is 7.13. The number of esters is 1. The number of sulfonamides is 1. The normalized spacial score (nSPS) is 10.8. The number of nitrogens with zero attached hydrogens (tertiary/aromatic N) is 1. The molecule has 0 atom stereocenters. The molecule has 0 aliphatic heterocycles. The van der Waals surface area contributed by atoms with E-state index in [1.54, 1.807) is 12.1 Å². The fourth-order valence-electron chi connectivity index (χ4n) is 1.51. The lowest BCUT2D eigenvalue weighted by Gasteiger charge is -2.07. The lowest BCUT2D eigenvalue weighted by atomic mass is 10.2. The lowest BCUT2D eigenvalue weighted by Crippen LogP contribution is -2.14. The van der Waals surface area contributed by atoms with Crippen molar-refractivity contribution < 1.29 is 17.9 Å². The van der Waals surface area contributed by atoms with Crippen molar-refractivity contribution in [2.75, 3.05) is 11.8 Å².